The van der Waals surface area contributed by atoms with E-state index < -0.39 is 213 Å². The summed E-state index contributed by atoms with van der Waals surface area (Å²) in [6, 6.07) is -5.15. The highest BCUT2D eigenvalue weighted by atomic mass is 19.4. The van der Waals surface area contributed by atoms with Gasteiger partial charge in [-0.15, -0.1) is 0 Å². The SMILES string of the molecule is CCC(C)C(NC(=O)C(NC(=O)C(NC(=O)CNC(=O)CNC(=O)c1ccccc1NC)C(C)C)C(C)C)C(=O)NC(C)C(=O)NC(C(=O)NC(C(=O)NC(CCCCNc1ccc([N+](=O)[O-])cc1[N+](=O)[O-])C(=O)NC(CCCN=C(N)N)C(=O)NC(CCCN=C(N)N)C(=O)NC(CCCN=C(N)N)C(N)=O)C(C)C)C(C)O.O=C(O)C(F)(F)F. The molecule has 0 spiro atoms. The third-order valence-corrected chi connectivity index (χ3v) is 17.9. The molecule has 0 saturated heterocycles. The zero-order valence-electron chi connectivity index (χ0n) is 69.2. The Kier molecular flexibility index (Phi) is 46.8. The summed E-state index contributed by atoms with van der Waals surface area (Å²) in [5.74, 6) is -17.7. The molecule has 30 N–H and O–H groups in total. The number of nitro groups is 2. The minimum atomic E-state index is -5.08. The first-order chi connectivity index (χ1) is 56.5. The number of alkyl halides is 3. The number of hydrogen-bond acceptors (Lipinski definition) is 24. The molecule has 12 unspecified atom stereocenters. The van der Waals surface area contributed by atoms with Crippen molar-refractivity contribution in [1.29, 1.82) is 0 Å². The number of guanidine groups is 3. The fourth-order valence-corrected chi connectivity index (χ4v) is 11.0. The lowest BCUT2D eigenvalue weighted by molar-refractivity contribution is -0.393. The number of anilines is 2. The first-order valence-corrected chi connectivity index (χ1v) is 38.4. The molecule has 0 heterocycles. The van der Waals surface area contributed by atoms with Gasteiger partial charge in [-0.3, -0.25) is 97.5 Å². The summed E-state index contributed by atoms with van der Waals surface area (Å²) in [7, 11) is 1.63. The van der Waals surface area contributed by atoms with Crippen molar-refractivity contribution in [2.24, 2.45) is 78.8 Å². The highest BCUT2D eigenvalue weighted by Gasteiger charge is 2.40. The number of aliphatic hydroxyl groups is 1. The van der Waals surface area contributed by atoms with Crippen LogP contribution < -0.4 is 115 Å². The van der Waals surface area contributed by atoms with Crippen LogP contribution in [0, 0.1) is 43.9 Å². The Hall–Kier alpha value is -13.0. The number of aliphatic hydroxyl groups excluding tert-OH is 1. The lowest BCUT2D eigenvalue weighted by Gasteiger charge is -2.31. The van der Waals surface area contributed by atoms with E-state index in [0.29, 0.717) is 12.1 Å². The van der Waals surface area contributed by atoms with Gasteiger partial charge >= 0.3 is 12.1 Å². The maximum absolute atomic E-state index is 14.8. The molecular weight excluding hydrogens is 1610 g/mol. The number of unbranched alkanes of at least 4 members (excludes halogenated alkanes) is 1. The van der Waals surface area contributed by atoms with Crippen molar-refractivity contribution >= 4 is 123 Å². The molecule has 0 aliphatic rings. The second-order valence-corrected chi connectivity index (χ2v) is 28.8. The van der Waals surface area contributed by atoms with Crippen LogP contribution in [0.5, 0.6) is 0 Å². The van der Waals surface area contributed by atoms with Gasteiger partial charge in [0.1, 0.15) is 66.1 Å². The standard InChI is InChI=1S/C70H116N26O18.C2HF3O2/c1-12-38(8)55(93-65(108)54(37(6)7)91-64(107)52(35(2)3)90-51(99)34-83-50(98)33-84-59(102)42-20-13-14-21-43(42)78-11)66(109)85-39(9)58(101)94-56(40(10)97)67(110)92-53(36(4)5)63(106)89-46(22-15-16-28-79-44-27-26-41(95(111)112)32-49(44)96(113)114)61(104)88-48(25-19-31-82-70(76)77)62(105)87-47(24-18-30-81-69(74)75)60(103)86-45(57(71)100)23-17-29-80-68(72)73;3-2(4,5)1(6)7/h13-14,20-21,26-27,32,35-40,45-48,52-56,78-79,97H,12,15-19,22-25,28-31,33-34H2,1-11H3,(H2,71,100)(H,83,98)(H,84,102)(H,85,109)(H,86,103)(H,87,105)(H,88,104)(H,89,106)(H,90,99)(H,91,107)(H,92,110)(H,93,108)(H,94,101)(H4,72,73,80)(H4,74,75,81)(H4,76,77,82);(H,6,7). The quantitative estimate of drug-likeness (QED) is 0.00993. The number of aliphatic imine (C=N–C) groups is 3. The number of nitrogens with zero attached hydrogens (tertiary/aromatic N) is 5. The molecule has 0 radical (unpaired) electrons. The average Bonchev–Trinajstić information content (AvgIpc) is 0.816. The summed E-state index contributed by atoms with van der Waals surface area (Å²) in [5.41, 5.74) is 38.2. The van der Waals surface area contributed by atoms with E-state index in [0.717, 1.165) is 25.1 Å². The number of rotatable bonds is 52. The molecule has 121 heavy (non-hydrogen) atoms. The van der Waals surface area contributed by atoms with E-state index in [2.05, 4.69) is 89.4 Å². The van der Waals surface area contributed by atoms with Crippen molar-refractivity contribution in [3.63, 3.8) is 0 Å². The van der Waals surface area contributed by atoms with Crippen LogP contribution in [0.25, 0.3) is 0 Å². The van der Waals surface area contributed by atoms with Crippen LogP contribution in [-0.4, -0.2) is 240 Å². The number of nitrogens with one attached hydrogen (secondary N) is 14. The number of nitro benzene ring substituents is 2. The van der Waals surface area contributed by atoms with Gasteiger partial charge in [-0.05, 0) is 114 Å². The molecule has 2 rings (SSSR count). The summed E-state index contributed by atoms with van der Waals surface area (Å²) in [6.45, 7) is 14.1. The normalized spacial score (nSPS) is 14.0. The molecule has 0 aliphatic carbocycles. The Balaban J connectivity index is 0.00000997. The molecule has 2 aromatic carbocycles. The van der Waals surface area contributed by atoms with Crippen LogP contribution in [0.15, 0.2) is 57.4 Å². The highest BCUT2D eigenvalue weighted by Crippen LogP contribution is 2.29. The molecule has 13 amide bonds. The number of carboxylic acids is 1. The molecular formula is C72H117F3N26O20. The number of halogens is 3. The van der Waals surface area contributed by atoms with Crippen molar-refractivity contribution in [3.05, 3.63) is 68.3 Å². The predicted octanol–water partition coefficient (Wildman–Crippen LogP) is -3.78. The topological polar surface area (TPSA) is 753 Å². The van der Waals surface area contributed by atoms with Crippen molar-refractivity contribution < 1.29 is 100 Å². The summed E-state index contributed by atoms with van der Waals surface area (Å²) < 4.78 is 31.7. The number of amides is 13. The zero-order valence-corrected chi connectivity index (χ0v) is 69.2. The number of benzene rings is 2. The molecule has 0 fully saturated rings. The number of carbonyl (C=O) groups excluding carboxylic acids is 13. The first-order valence-electron chi connectivity index (χ1n) is 38.4. The smallest absolute Gasteiger partial charge is 0.475 e. The van der Waals surface area contributed by atoms with Gasteiger partial charge in [0.2, 0.25) is 70.9 Å². The molecule has 2 aromatic rings. The fraction of sp³-hybridized carbons (Fsp3) is 0.597. The van der Waals surface area contributed by atoms with E-state index >= 15 is 0 Å². The van der Waals surface area contributed by atoms with Gasteiger partial charge in [0.05, 0.1) is 40.7 Å². The van der Waals surface area contributed by atoms with Crippen molar-refractivity contribution in [1.82, 2.24) is 63.8 Å². The predicted molar refractivity (Wildman–Crippen MR) is 437 cm³/mol. The van der Waals surface area contributed by atoms with Gasteiger partial charge in [-0.2, -0.15) is 13.2 Å². The van der Waals surface area contributed by atoms with Gasteiger partial charge in [0, 0.05) is 45.0 Å². The zero-order chi connectivity index (χ0) is 92.3. The largest absolute Gasteiger partial charge is 0.490 e. The molecule has 0 saturated carbocycles. The molecule has 12 atom stereocenters. The van der Waals surface area contributed by atoms with Crippen molar-refractivity contribution in [3.8, 4) is 0 Å². The second-order valence-electron chi connectivity index (χ2n) is 28.8. The Morgan fingerprint density at radius 2 is 0.868 bits per heavy atom. The summed E-state index contributed by atoms with van der Waals surface area (Å²) in [4.78, 5) is 222. The van der Waals surface area contributed by atoms with Gasteiger partial charge in [-0.25, -0.2) is 4.79 Å². The average molecular weight is 1720 g/mol. The molecule has 0 bridgehead atoms. The minimum Gasteiger partial charge on any atom is -0.475 e. The Morgan fingerprint density at radius 1 is 0.471 bits per heavy atom. The number of nitrogens with two attached hydrogens (primary N) is 7. The lowest BCUT2D eigenvalue weighted by Crippen LogP contribution is -2.63. The fourth-order valence-electron chi connectivity index (χ4n) is 11.0. The molecule has 0 aromatic heterocycles. The van der Waals surface area contributed by atoms with Gasteiger partial charge in [0.15, 0.2) is 17.9 Å². The maximum Gasteiger partial charge on any atom is 0.490 e. The maximum atomic E-state index is 14.8. The van der Waals surface area contributed by atoms with Crippen molar-refractivity contribution in [2.75, 3.05) is 56.9 Å². The van der Waals surface area contributed by atoms with Crippen LogP contribution in [-0.2, 0) is 62.3 Å². The van der Waals surface area contributed by atoms with Crippen LogP contribution in [0.4, 0.5) is 35.9 Å². The Morgan fingerprint density at radius 3 is 1.29 bits per heavy atom. The summed E-state index contributed by atoms with van der Waals surface area (Å²) >= 11 is 0. The third-order valence-electron chi connectivity index (χ3n) is 17.9. The van der Waals surface area contributed by atoms with Crippen LogP contribution >= 0.6 is 0 Å². The Bertz CT molecular complexity index is 3970. The van der Waals surface area contributed by atoms with Gasteiger partial charge < -0.3 is 125 Å². The van der Waals surface area contributed by atoms with E-state index in [-0.39, 0.29) is 113 Å². The van der Waals surface area contributed by atoms with Gasteiger partial charge in [0.25, 0.3) is 17.3 Å². The van der Waals surface area contributed by atoms with Crippen LogP contribution in [0.2, 0.25) is 0 Å². The molecule has 0 aliphatic heterocycles. The second kappa shape index (κ2) is 53.4. The summed E-state index contributed by atoms with van der Waals surface area (Å²) in [5, 5.41) is 77.7. The van der Waals surface area contributed by atoms with E-state index in [9.17, 15) is 101 Å². The number of carboxylic acid groups (broad SMARTS) is 1. The van der Waals surface area contributed by atoms with Gasteiger partial charge in [-0.1, -0.05) is 73.9 Å². The van der Waals surface area contributed by atoms with E-state index in [1.165, 1.54) is 20.8 Å². The third kappa shape index (κ3) is 39.9. The summed E-state index contributed by atoms with van der Waals surface area (Å²) in [6.07, 6.45) is -6.74. The van der Waals surface area contributed by atoms with Crippen LogP contribution in [0.1, 0.15) is 144 Å². The van der Waals surface area contributed by atoms with Crippen molar-refractivity contribution in [2.45, 2.75) is 206 Å². The molecule has 676 valence electrons. The number of non-ortho nitro benzene ring substituents is 1. The molecule has 46 nitrogen and oxygen atoms in total. The molecule has 49 heteroatoms. The highest BCUT2D eigenvalue weighted by molar-refractivity contribution is 6.02. The van der Waals surface area contributed by atoms with E-state index in [1.54, 1.807) is 72.9 Å². The monoisotopic (exact) mass is 1720 g/mol. The number of carbonyl (C=O) groups is 14. The number of aliphatic carboxylic acids is 1. The first kappa shape index (κ1) is 106. The minimum absolute atomic E-state index is 0.0142. The number of primary amides is 1. The van der Waals surface area contributed by atoms with Crippen LogP contribution in [0.3, 0.4) is 0 Å². The number of para-hydroxylation sites is 1. The number of hydrogen-bond donors (Lipinski definition) is 23. The van der Waals surface area contributed by atoms with E-state index in [4.69, 9.17) is 50.0 Å². The Labute approximate surface area is 695 Å². The van der Waals surface area contributed by atoms with E-state index in [1.807, 2.05) is 0 Å². The lowest BCUT2D eigenvalue weighted by atomic mass is 9.95.